The maximum Gasteiger partial charge on any atom is 0.410 e. The summed E-state index contributed by atoms with van der Waals surface area (Å²) < 4.78 is 45.9. The van der Waals surface area contributed by atoms with Crippen LogP contribution in [0.25, 0.3) is 0 Å². The Kier molecular flexibility index (Phi) is 20.2. The van der Waals surface area contributed by atoms with Gasteiger partial charge in [-0.1, -0.05) is 72.8 Å². The van der Waals surface area contributed by atoms with Crippen LogP contribution in [0.5, 0.6) is 17.2 Å². The van der Waals surface area contributed by atoms with Crippen LogP contribution in [0.4, 0.5) is 4.79 Å². The fraction of sp³-hybridized carbons (Fsp3) is 0.426. The molecule has 4 aliphatic heterocycles. The van der Waals surface area contributed by atoms with E-state index in [1.807, 2.05) is 67.3 Å². The number of para-hydroxylation sites is 2. The van der Waals surface area contributed by atoms with Crippen molar-refractivity contribution in [2.24, 2.45) is 11.1 Å². The predicted molar refractivity (Wildman–Crippen MR) is 245 cm³/mol. The molecule has 0 aliphatic carbocycles. The number of sulfonamides is 1. The standard InChI is InChI=1S/C23H26N2O2.C20H28N2O5S.C4H6O4.ClH/c26-23(27-21-16-24-13-10-18(21)11-14-24)25-15-12-17-6-4-5-9-20(17)22(25)19-7-2-1-3-8-19;1-4-26-17-7-5-6-8-18(17)27-12-11-22-15(2)13-16-9-10-19(25-3)20(14-16)28(21,23)24;5-3(6)1-2-4(7)8;/h1-9,18,21-22H,10-16H2;5-10,14-15,22H,4,11-13H2,1-3H3,(H2,21,23,24);1-2H2,(H,5,6)(H,7,8);1H/t21-,22-;15-;;/m01../s1. The molecular weight excluding hydrogens is 864 g/mol. The maximum atomic E-state index is 13.2. The average molecular weight is 926 g/mol. The van der Waals surface area contributed by atoms with Gasteiger partial charge in [0.15, 0.2) is 11.5 Å². The van der Waals surface area contributed by atoms with Gasteiger partial charge in [-0.05, 0) is 105 Å². The number of piperidine rings is 3. The van der Waals surface area contributed by atoms with Gasteiger partial charge in [-0.3, -0.25) is 19.4 Å². The number of nitrogens with zero attached hydrogens (tertiary/aromatic N) is 2. The first kappa shape index (κ1) is 51.2. The monoisotopic (exact) mass is 924 g/mol. The number of aliphatic carboxylic acids is 2. The zero-order valence-electron chi connectivity index (χ0n) is 36.6. The van der Waals surface area contributed by atoms with E-state index in [1.165, 1.54) is 18.2 Å². The van der Waals surface area contributed by atoms with E-state index in [-0.39, 0.29) is 60.2 Å². The second-order valence-electron chi connectivity index (χ2n) is 15.6. The number of hydrogen-bond donors (Lipinski definition) is 4. The number of carboxylic acids is 2. The molecule has 4 aromatic carbocycles. The summed E-state index contributed by atoms with van der Waals surface area (Å²) in [7, 11) is -2.43. The lowest BCUT2D eigenvalue weighted by Crippen LogP contribution is -2.53. The summed E-state index contributed by atoms with van der Waals surface area (Å²) >= 11 is 0. The molecule has 0 radical (unpaired) electrons. The number of nitrogens with one attached hydrogen (secondary N) is 1. The SMILES string of the molecule is CCOc1ccccc1OCCN[C@H](C)Cc1ccc(OC)c(S(N)(=O)=O)c1.Cl.O=C(O)CCC(=O)O.O=C(O[C@H]1CN2CCC1CC2)N1CCc2ccccc2[C@@H]1c1ccccc1. The Morgan fingerprint density at radius 3 is 2.06 bits per heavy atom. The number of benzene rings is 4. The Morgan fingerprint density at radius 2 is 1.47 bits per heavy atom. The maximum absolute atomic E-state index is 13.2. The summed E-state index contributed by atoms with van der Waals surface area (Å²) in [5, 5.41) is 24.4. The molecule has 4 aromatic rings. The van der Waals surface area contributed by atoms with Gasteiger partial charge in [-0.15, -0.1) is 12.4 Å². The lowest BCUT2D eigenvalue weighted by molar-refractivity contribution is -0.143. The first-order valence-electron chi connectivity index (χ1n) is 21.3. The van der Waals surface area contributed by atoms with E-state index in [2.05, 4.69) is 46.6 Å². The third-order valence-electron chi connectivity index (χ3n) is 11.1. The summed E-state index contributed by atoms with van der Waals surface area (Å²) in [6, 6.07) is 31.4. The van der Waals surface area contributed by atoms with E-state index in [1.54, 1.807) is 12.1 Å². The van der Waals surface area contributed by atoms with E-state index in [9.17, 15) is 22.8 Å². The third kappa shape index (κ3) is 15.1. The molecule has 3 saturated heterocycles. The quantitative estimate of drug-likeness (QED) is 0.0880. The Morgan fingerprint density at radius 1 is 0.844 bits per heavy atom. The summed E-state index contributed by atoms with van der Waals surface area (Å²) in [6.45, 7) is 9.57. The number of rotatable bonds is 16. The van der Waals surface area contributed by atoms with E-state index in [0.29, 0.717) is 44.4 Å². The summed E-state index contributed by atoms with van der Waals surface area (Å²) in [6.07, 6.45) is 3.14. The van der Waals surface area contributed by atoms with Gasteiger partial charge in [-0.25, -0.2) is 18.4 Å². The number of hydrogen-bond acceptors (Lipinski definition) is 11. The van der Waals surface area contributed by atoms with Gasteiger partial charge in [0.2, 0.25) is 10.0 Å². The zero-order chi connectivity index (χ0) is 45.4. The number of fused-ring (bicyclic) bond motifs is 4. The van der Waals surface area contributed by atoms with Gasteiger partial charge >= 0.3 is 18.0 Å². The van der Waals surface area contributed by atoms with Crippen LogP contribution in [0.3, 0.4) is 0 Å². The second-order valence-corrected chi connectivity index (χ2v) is 17.2. The van der Waals surface area contributed by atoms with Gasteiger partial charge in [0.25, 0.3) is 0 Å². The molecule has 4 heterocycles. The first-order chi connectivity index (χ1) is 30.3. The lowest BCUT2D eigenvalue weighted by atomic mass is 9.86. The number of ether oxygens (including phenoxy) is 4. The molecule has 0 spiro atoms. The van der Waals surface area contributed by atoms with Crippen molar-refractivity contribution in [3.05, 3.63) is 119 Å². The predicted octanol–water partition coefficient (Wildman–Crippen LogP) is 6.56. The van der Waals surface area contributed by atoms with Gasteiger partial charge in [0.05, 0.1) is 32.6 Å². The molecule has 5 N–H and O–H groups in total. The Labute approximate surface area is 382 Å². The Balaban J connectivity index is 0.000000237. The molecular formula is C47H61ClN4O11S. The number of carbonyl (C=O) groups excluding carboxylic acids is 1. The van der Waals surface area contributed by atoms with Crippen LogP contribution in [-0.4, -0.2) is 112 Å². The van der Waals surface area contributed by atoms with Crippen molar-refractivity contribution < 1.29 is 52.0 Å². The van der Waals surface area contributed by atoms with Crippen LogP contribution in [-0.2, 0) is 37.2 Å². The van der Waals surface area contributed by atoms with Gasteiger partial charge in [0, 0.05) is 25.7 Å². The average Bonchev–Trinajstić information content (AvgIpc) is 3.28. The highest BCUT2D eigenvalue weighted by Crippen LogP contribution is 2.37. The first-order valence-corrected chi connectivity index (χ1v) is 22.9. The van der Waals surface area contributed by atoms with Crippen molar-refractivity contribution in [2.75, 3.05) is 53.0 Å². The van der Waals surface area contributed by atoms with Gasteiger partial charge < -0.3 is 34.5 Å². The van der Waals surface area contributed by atoms with Crippen molar-refractivity contribution in [3.8, 4) is 17.2 Å². The van der Waals surface area contributed by atoms with Crippen molar-refractivity contribution in [2.45, 2.75) is 75.5 Å². The van der Waals surface area contributed by atoms with E-state index < -0.39 is 22.0 Å². The van der Waals surface area contributed by atoms with Crippen molar-refractivity contribution >= 4 is 40.5 Å². The molecule has 348 valence electrons. The van der Waals surface area contributed by atoms with Crippen LogP contribution in [0, 0.1) is 5.92 Å². The minimum absolute atomic E-state index is 0. The molecule has 4 aliphatic rings. The number of amides is 1. The molecule has 1 amide bonds. The number of nitrogens with two attached hydrogens (primary N) is 1. The highest BCUT2D eigenvalue weighted by atomic mass is 35.5. The molecule has 15 nitrogen and oxygen atoms in total. The molecule has 64 heavy (non-hydrogen) atoms. The van der Waals surface area contributed by atoms with Crippen molar-refractivity contribution in [1.29, 1.82) is 0 Å². The molecule has 0 saturated carbocycles. The van der Waals surface area contributed by atoms with Crippen molar-refractivity contribution in [1.82, 2.24) is 15.1 Å². The van der Waals surface area contributed by atoms with Crippen LogP contribution < -0.4 is 24.7 Å². The number of methoxy groups -OCH3 is 1. The number of halogens is 1. The van der Waals surface area contributed by atoms with Gasteiger partial charge in [-0.2, -0.15) is 0 Å². The number of primary sulfonamides is 1. The number of carboxylic acid groups (broad SMARTS) is 2. The summed E-state index contributed by atoms with van der Waals surface area (Å²) in [4.78, 5) is 36.9. The van der Waals surface area contributed by atoms with Gasteiger partial charge in [0.1, 0.15) is 23.4 Å². The normalized spacial score (nSPS) is 18.8. The smallest absolute Gasteiger partial charge is 0.410 e. The fourth-order valence-electron chi connectivity index (χ4n) is 8.02. The second kappa shape index (κ2) is 25.2. The van der Waals surface area contributed by atoms with Crippen LogP contribution in [0.1, 0.15) is 67.8 Å². The fourth-order valence-corrected chi connectivity index (χ4v) is 8.77. The topological polar surface area (TPSA) is 207 Å². The molecule has 0 aromatic heterocycles. The van der Waals surface area contributed by atoms with E-state index >= 15 is 0 Å². The summed E-state index contributed by atoms with van der Waals surface area (Å²) in [5.41, 5.74) is 4.56. The van der Waals surface area contributed by atoms with Crippen molar-refractivity contribution in [3.63, 3.8) is 0 Å². The molecule has 17 heteroatoms. The van der Waals surface area contributed by atoms with Crippen LogP contribution in [0.2, 0.25) is 0 Å². The highest BCUT2D eigenvalue weighted by Gasteiger charge is 2.39. The third-order valence-corrected chi connectivity index (χ3v) is 12.0. The highest BCUT2D eigenvalue weighted by molar-refractivity contribution is 7.89. The summed E-state index contributed by atoms with van der Waals surface area (Å²) in [5.74, 6) is 0.0674. The lowest BCUT2D eigenvalue weighted by Gasteiger charge is -2.45. The van der Waals surface area contributed by atoms with E-state index in [4.69, 9.17) is 34.3 Å². The minimum atomic E-state index is -3.84. The van der Waals surface area contributed by atoms with E-state index in [0.717, 1.165) is 55.8 Å². The minimum Gasteiger partial charge on any atom is -0.495 e. The Bertz CT molecular complexity index is 2210. The zero-order valence-corrected chi connectivity index (χ0v) is 38.2. The van der Waals surface area contributed by atoms with Crippen LogP contribution in [0.15, 0.2) is 102 Å². The molecule has 8 rings (SSSR count). The Hall–Kier alpha value is -5.39. The molecule has 0 unspecified atom stereocenters. The number of carbonyl (C=O) groups is 3. The molecule has 2 bridgehead atoms. The molecule has 3 atom stereocenters. The van der Waals surface area contributed by atoms with Crippen LogP contribution >= 0.6 is 12.4 Å². The largest absolute Gasteiger partial charge is 0.495 e. The molecule has 3 fully saturated rings.